The molecule has 0 radical (unpaired) electrons. The molecule has 0 bridgehead atoms. The Balaban J connectivity index is -0.000000457. The summed E-state index contributed by atoms with van der Waals surface area (Å²) in [4.78, 5) is 56.5. The van der Waals surface area contributed by atoms with Crippen molar-refractivity contribution in [1.29, 1.82) is 0 Å². The van der Waals surface area contributed by atoms with Crippen LogP contribution in [0.4, 0.5) is 0 Å². The Hall–Kier alpha value is -3.67. The molecule has 0 rings (SSSR count). The third kappa shape index (κ3) is 30.6. The zero-order valence-corrected chi connectivity index (χ0v) is 19.5. The Bertz CT molecular complexity index is 736. The van der Waals surface area contributed by atoms with Crippen molar-refractivity contribution in [3.05, 3.63) is 36.7 Å². The third-order valence-corrected chi connectivity index (χ3v) is 2.72. The average Bonchev–Trinajstić information content (AvgIpc) is 2.73. The first-order chi connectivity index (χ1) is 15.4. The molecule has 0 atom stereocenters. The number of hydrogen-bond acceptors (Lipinski definition) is 11. The van der Waals surface area contributed by atoms with Crippen molar-refractivity contribution in [3.8, 4) is 0 Å². The van der Waals surface area contributed by atoms with Crippen LogP contribution in [0, 0.1) is 0 Å². The molecule has 0 aromatic rings. The predicted molar refractivity (Wildman–Crippen MR) is 122 cm³/mol. The number of nitrogens with one attached hydrogen (secondary N) is 3. The van der Waals surface area contributed by atoms with Crippen LogP contribution in [0.1, 0.15) is 13.8 Å². The first-order valence-electron chi connectivity index (χ1n) is 9.14. The van der Waals surface area contributed by atoms with Crippen molar-refractivity contribution in [2.24, 2.45) is 16.5 Å². The molecular weight excluding hydrogens is 460 g/mol. The molecule has 14 heteroatoms. The van der Waals surface area contributed by atoms with Crippen LogP contribution in [-0.4, -0.2) is 69.2 Å². The summed E-state index contributed by atoms with van der Waals surface area (Å²) in [6.45, 7) is 14.4. The molecule has 33 heavy (non-hydrogen) atoms. The van der Waals surface area contributed by atoms with E-state index >= 15 is 0 Å². The minimum Gasteiger partial charge on any atom is -0.460 e. The molecule has 0 aliphatic heterocycles. The van der Waals surface area contributed by atoms with Gasteiger partial charge < -0.3 is 31.6 Å². The summed E-state index contributed by atoms with van der Waals surface area (Å²) in [5, 5.41) is 5.47. The van der Waals surface area contributed by atoms with Crippen LogP contribution >= 0.6 is 11.8 Å². The van der Waals surface area contributed by atoms with E-state index in [1.54, 1.807) is 13.8 Å². The van der Waals surface area contributed by atoms with Crippen molar-refractivity contribution in [3.63, 3.8) is 0 Å². The Labute approximate surface area is 197 Å². The molecule has 0 aliphatic carbocycles. The molecule has 0 heterocycles. The van der Waals surface area contributed by atoms with E-state index in [0.29, 0.717) is 23.5 Å². The zero-order chi connectivity index (χ0) is 26.2. The lowest BCUT2D eigenvalue weighted by Crippen LogP contribution is -2.34. The van der Waals surface area contributed by atoms with Gasteiger partial charge in [0.1, 0.15) is 13.2 Å². The number of carbonyl (C=O) groups excluding carboxylic acids is 5. The summed E-state index contributed by atoms with van der Waals surface area (Å²) in [7, 11) is 0. The Morgan fingerprint density at radius 2 is 1.39 bits per heavy atom. The number of isocyanates is 1. The van der Waals surface area contributed by atoms with E-state index in [0.717, 1.165) is 0 Å². The second kappa shape index (κ2) is 23.0. The normalized spacial score (nSPS) is 8.58. The quantitative estimate of drug-likeness (QED) is 0.0496. The van der Waals surface area contributed by atoms with Gasteiger partial charge in [0, 0.05) is 11.1 Å². The van der Waals surface area contributed by atoms with Crippen LogP contribution in [0.2, 0.25) is 0 Å². The maximum absolute atomic E-state index is 11.0. The van der Waals surface area contributed by atoms with Gasteiger partial charge in [-0.2, -0.15) is 0 Å². The highest BCUT2D eigenvalue weighted by Gasteiger charge is 2.02. The summed E-state index contributed by atoms with van der Waals surface area (Å²) in [5.41, 5.74) is 10.2. The van der Waals surface area contributed by atoms with Crippen LogP contribution in [0.3, 0.4) is 0 Å². The number of ether oxygens (including phenoxy) is 2. The number of nitrogens with zero attached hydrogens (tertiary/aromatic N) is 1. The van der Waals surface area contributed by atoms with Crippen molar-refractivity contribution < 1.29 is 33.4 Å². The Morgan fingerprint density at radius 1 is 0.909 bits per heavy atom. The molecule has 0 spiro atoms. The highest BCUT2D eigenvalue weighted by atomic mass is 35.5. The second-order valence-corrected chi connectivity index (χ2v) is 6.07. The fourth-order valence-corrected chi connectivity index (χ4v) is 1.28. The summed E-state index contributed by atoms with van der Waals surface area (Å²) in [6, 6.07) is 0. The molecule has 7 N–H and O–H groups in total. The van der Waals surface area contributed by atoms with Crippen molar-refractivity contribution in [2.75, 3.05) is 39.4 Å². The number of halogens is 1. The fourth-order valence-electron chi connectivity index (χ4n) is 1.14. The van der Waals surface area contributed by atoms with Crippen LogP contribution in [0.15, 0.2) is 41.7 Å². The van der Waals surface area contributed by atoms with E-state index in [4.69, 9.17) is 22.2 Å². The van der Waals surface area contributed by atoms with Gasteiger partial charge in [-0.05, 0) is 25.6 Å². The molecular formula is C19H31ClN6O7. The summed E-state index contributed by atoms with van der Waals surface area (Å²) < 4.78 is 9.41. The molecule has 0 aromatic heterocycles. The maximum atomic E-state index is 11.0. The minimum absolute atomic E-state index is 0.0113. The van der Waals surface area contributed by atoms with E-state index in [2.05, 4.69) is 50.7 Å². The molecule has 2 amide bonds. The number of aliphatic imine (C=N–C) groups is 1. The van der Waals surface area contributed by atoms with E-state index in [9.17, 15) is 24.0 Å². The highest BCUT2D eigenvalue weighted by Crippen LogP contribution is 1.91. The van der Waals surface area contributed by atoms with Gasteiger partial charge in [-0.1, -0.05) is 19.7 Å². The van der Waals surface area contributed by atoms with E-state index < -0.39 is 23.8 Å². The minimum atomic E-state index is -0.475. The van der Waals surface area contributed by atoms with Gasteiger partial charge >= 0.3 is 11.9 Å². The van der Waals surface area contributed by atoms with Gasteiger partial charge in [0.2, 0.25) is 17.9 Å². The highest BCUT2D eigenvalue weighted by molar-refractivity contribution is 6.14. The first kappa shape index (κ1) is 34.0. The molecule has 0 aromatic carbocycles. The van der Waals surface area contributed by atoms with E-state index in [1.807, 2.05) is 0 Å². The monoisotopic (exact) mass is 490 g/mol. The van der Waals surface area contributed by atoms with Crippen LogP contribution in [0.25, 0.3) is 0 Å². The van der Waals surface area contributed by atoms with E-state index in [1.165, 1.54) is 6.08 Å². The fraction of sp³-hybridized carbons (Fsp3) is 0.421. The molecule has 0 fully saturated rings. The molecule has 0 saturated carbocycles. The third-order valence-electron chi connectivity index (χ3n) is 2.59. The van der Waals surface area contributed by atoms with Gasteiger partial charge in [-0.3, -0.25) is 9.59 Å². The molecule has 0 unspecified atom stereocenters. The van der Waals surface area contributed by atoms with Gasteiger partial charge in [-0.15, -0.1) is 0 Å². The summed E-state index contributed by atoms with van der Waals surface area (Å²) in [6.07, 6.45) is 1.33. The topological polar surface area (TPSA) is 204 Å². The lowest BCUT2D eigenvalue weighted by molar-refractivity contribution is -0.139. The molecule has 0 aliphatic rings. The summed E-state index contributed by atoms with van der Waals surface area (Å²) >= 11 is 4.85. The van der Waals surface area contributed by atoms with Crippen molar-refractivity contribution in [1.82, 2.24) is 15.5 Å². The lowest BCUT2D eigenvalue weighted by atomic mass is 10.4. The standard InChI is InChI=1S/C10H17N3O3.C7H9NO3.C2H5ClN2O/c1-7(2)10(15)16-5-4-12-8(3)13-6-9(11)14;1-6(2)7(10)11-4-3-8-5-9;3-5-1-2(4)6/h12-13H,1,3-6H2,2H3,(H2,11,14);1,3-4H2,2H3;5H,1H2,(H2,4,6). The largest absolute Gasteiger partial charge is 0.460 e. The van der Waals surface area contributed by atoms with Gasteiger partial charge in [-0.25, -0.2) is 24.2 Å². The van der Waals surface area contributed by atoms with Gasteiger partial charge in [0.05, 0.1) is 32.0 Å². The smallest absolute Gasteiger partial charge is 0.333 e. The van der Waals surface area contributed by atoms with Crippen LogP contribution in [-0.2, 0) is 33.4 Å². The average molecular weight is 491 g/mol. The predicted octanol–water partition coefficient (Wildman–Crippen LogP) is -1.10. The number of amides is 2. The molecule has 186 valence electrons. The van der Waals surface area contributed by atoms with Gasteiger partial charge in [0.15, 0.2) is 0 Å². The van der Waals surface area contributed by atoms with Crippen molar-refractivity contribution in [2.45, 2.75) is 13.8 Å². The number of rotatable bonds is 14. The lowest BCUT2D eigenvalue weighted by Gasteiger charge is -2.10. The van der Waals surface area contributed by atoms with Gasteiger partial charge in [0.25, 0.3) is 0 Å². The number of primary amides is 2. The molecule has 13 nitrogen and oxygen atoms in total. The SMILES string of the molecule is C=C(C)C(=O)OCCN=C=O.C=C(NCCOC(=O)C(=C)C)NCC(N)=O.NC(=O)CNCl. The Morgan fingerprint density at radius 3 is 1.76 bits per heavy atom. The number of nitrogens with two attached hydrogens (primary N) is 2. The Kier molecular flexibility index (Phi) is 23.7. The maximum Gasteiger partial charge on any atom is 0.333 e. The van der Waals surface area contributed by atoms with Crippen LogP contribution in [0.5, 0.6) is 0 Å². The number of carbonyl (C=O) groups is 4. The summed E-state index contributed by atoms with van der Waals surface area (Å²) in [5.74, 6) is -1.38. The zero-order valence-electron chi connectivity index (χ0n) is 18.7. The van der Waals surface area contributed by atoms with Crippen LogP contribution < -0.4 is 26.9 Å². The second-order valence-electron chi connectivity index (χ2n) is 5.81. The first-order valence-corrected chi connectivity index (χ1v) is 9.52. The number of esters is 2. The van der Waals surface area contributed by atoms with Crippen molar-refractivity contribution >= 4 is 41.6 Å². The molecule has 0 saturated heterocycles. The number of hydrogen-bond donors (Lipinski definition) is 5. The van der Waals surface area contributed by atoms with E-state index in [-0.39, 0.29) is 32.8 Å².